The molecule has 0 aromatic heterocycles. The summed E-state index contributed by atoms with van der Waals surface area (Å²) in [4.78, 5) is 12.2. The number of hydrogen-bond donors (Lipinski definition) is 2. The Morgan fingerprint density at radius 1 is 0.833 bits per heavy atom. The van der Waals surface area contributed by atoms with E-state index in [9.17, 15) is 26.4 Å². The second-order valence-corrected chi connectivity index (χ2v) is 8.46. The molecule has 0 bridgehead atoms. The Morgan fingerprint density at radius 2 is 1.53 bits per heavy atom. The zero-order chi connectivity index (χ0) is 22.1. The highest BCUT2D eigenvalue weighted by Gasteiger charge is 2.18. The molecule has 0 saturated heterocycles. The van der Waals surface area contributed by atoms with E-state index in [0.717, 1.165) is 6.07 Å². The SMILES string of the molecule is O=C(Nc1cc(F)c(F)cc1F)c1cccc(NS(=O)(=O)c2ccc(Cl)c(Cl)c2)c1. The second kappa shape index (κ2) is 8.55. The highest BCUT2D eigenvalue weighted by atomic mass is 35.5. The van der Waals surface area contributed by atoms with Crippen LogP contribution in [0.5, 0.6) is 0 Å². The number of carbonyl (C=O) groups excluding carboxylic acids is 1. The van der Waals surface area contributed by atoms with E-state index in [0.29, 0.717) is 12.1 Å². The molecule has 0 fully saturated rings. The van der Waals surface area contributed by atoms with Crippen LogP contribution in [0.4, 0.5) is 24.5 Å². The van der Waals surface area contributed by atoms with Crippen LogP contribution in [0.1, 0.15) is 10.4 Å². The lowest BCUT2D eigenvalue weighted by molar-refractivity contribution is 0.102. The number of sulfonamides is 1. The van der Waals surface area contributed by atoms with Gasteiger partial charge in [-0.2, -0.15) is 0 Å². The van der Waals surface area contributed by atoms with Crippen LogP contribution in [-0.4, -0.2) is 14.3 Å². The summed E-state index contributed by atoms with van der Waals surface area (Å²) < 4.78 is 67.3. The van der Waals surface area contributed by atoms with Crippen molar-refractivity contribution in [2.24, 2.45) is 0 Å². The van der Waals surface area contributed by atoms with Gasteiger partial charge >= 0.3 is 0 Å². The fraction of sp³-hybridized carbons (Fsp3) is 0. The third-order valence-corrected chi connectivity index (χ3v) is 5.95. The number of benzene rings is 3. The molecule has 3 aromatic rings. The van der Waals surface area contributed by atoms with Crippen LogP contribution in [-0.2, 0) is 10.0 Å². The molecule has 156 valence electrons. The molecule has 0 aliphatic heterocycles. The maximum absolute atomic E-state index is 13.7. The Labute approximate surface area is 179 Å². The summed E-state index contributed by atoms with van der Waals surface area (Å²) in [5.41, 5.74) is -0.603. The highest BCUT2D eigenvalue weighted by molar-refractivity contribution is 7.92. The van der Waals surface area contributed by atoms with Gasteiger partial charge in [0.2, 0.25) is 0 Å². The van der Waals surface area contributed by atoms with Gasteiger partial charge in [-0.25, -0.2) is 21.6 Å². The Kier molecular flexibility index (Phi) is 6.25. The molecule has 30 heavy (non-hydrogen) atoms. The molecular weight excluding hydrogens is 464 g/mol. The van der Waals surface area contributed by atoms with Crippen LogP contribution < -0.4 is 10.0 Å². The maximum Gasteiger partial charge on any atom is 0.261 e. The van der Waals surface area contributed by atoms with E-state index in [4.69, 9.17) is 23.2 Å². The first-order chi connectivity index (χ1) is 14.1. The van der Waals surface area contributed by atoms with Gasteiger partial charge in [0, 0.05) is 23.4 Å². The molecule has 0 atom stereocenters. The van der Waals surface area contributed by atoms with Gasteiger partial charge in [-0.1, -0.05) is 29.3 Å². The molecule has 0 spiro atoms. The molecule has 5 nitrogen and oxygen atoms in total. The van der Waals surface area contributed by atoms with E-state index >= 15 is 0 Å². The number of anilines is 2. The van der Waals surface area contributed by atoms with Gasteiger partial charge in [0.05, 0.1) is 20.6 Å². The van der Waals surface area contributed by atoms with Crippen LogP contribution >= 0.6 is 23.2 Å². The van der Waals surface area contributed by atoms with Crippen LogP contribution in [0.2, 0.25) is 10.0 Å². The number of rotatable bonds is 5. The third-order valence-electron chi connectivity index (χ3n) is 3.84. The van der Waals surface area contributed by atoms with Gasteiger partial charge in [0.25, 0.3) is 15.9 Å². The lowest BCUT2D eigenvalue weighted by Crippen LogP contribution is -2.16. The number of nitrogens with one attached hydrogen (secondary N) is 2. The maximum atomic E-state index is 13.7. The van der Waals surface area contributed by atoms with Crippen molar-refractivity contribution >= 4 is 50.5 Å². The first-order valence-electron chi connectivity index (χ1n) is 8.10. The monoisotopic (exact) mass is 474 g/mol. The van der Waals surface area contributed by atoms with Gasteiger partial charge < -0.3 is 5.32 Å². The average molecular weight is 475 g/mol. The Hall–Kier alpha value is -2.75. The standard InChI is InChI=1S/C19H11Cl2F3N2O3S/c20-13-5-4-12(7-14(13)21)30(28,29)26-11-3-1-2-10(6-11)19(27)25-18-9-16(23)15(22)8-17(18)24/h1-9,26H,(H,25,27). The number of hydrogen-bond acceptors (Lipinski definition) is 3. The minimum absolute atomic E-state index is 0.0273. The summed E-state index contributed by atoms with van der Waals surface area (Å²) in [5.74, 6) is -4.77. The van der Waals surface area contributed by atoms with Gasteiger partial charge in [-0.3, -0.25) is 9.52 Å². The molecule has 0 aliphatic rings. The van der Waals surface area contributed by atoms with Crippen molar-refractivity contribution in [3.05, 3.63) is 87.7 Å². The molecular formula is C19H11Cl2F3N2O3S. The largest absolute Gasteiger partial charge is 0.319 e. The van der Waals surface area contributed by atoms with E-state index in [-0.39, 0.29) is 26.2 Å². The molecule has 0 saturated carbocycles. The fourth-order valence-corrected chi connectivity index (χ4v) is 3.83. The van der Waals surface area contributed by atoms with E-state index in [2.05, 4.69) is 10.0 Å². The minimum Gasteiger partial charge on any atom is -0.319 e. The molecule has 1 amide bonds. The summed E-state index contributed by atoms with van der Waals surface area (Å²) in [6.45, 7) is 0. The molecule has 2 N–H and O–H groups in total. The van der Waals surface area contributed by atoms with Crippen molar-refractivity contribution in [3.8, 4) is 0 Å². The zero-order valence-corrected chi connectivity index (χ0v) is 17.0. The fourth-order valence-electron chi connectivity index (χ4n) is 2.39. The molecule has 0 radical (unpaired) electrons. The number of halogens is 5. The average Bonchev–Trinajstić information content (AvgIpc) is 2.68. The molecule has 0 aliphatic carbocycles. The summed E-state index contributed by atoms with van der Waals surface area (Å²) in [7, 11) is -4.05. The van der Waals surface area contributed by atoms with Crippen molar-refractivity contribution in [2.45, 2.75) is 4.90 Å². The van der Waals surface area contributed by atoms with E-state index in [1.165, 1.54) is 36.4 Å². The lowest BCUT2D eigenvalue weighted by atomic mass is 10.2. The van der Waals surface area contributed by atoms with Crippen LogP contribution in [0.3, 0.4) is 0 Å². The van der Waals surface area contributed by atoms with Crippen molar-refractivity contribution in [2.75, 3.05) is 10.0 Å². The summed E-state index contributed by atoms with van der Waals surface area (Å²) in [5, 5.41) is 2.32. The normalized spacial score (nSPS) is 11.2. The highest BCUT2D eigenvalue weighted by Crippen LogP contribution is 2.26. The topological polar surface area (TPSA) is 75.3 Å². The Morgan fingerprint density at radius 3 is 2.23 bits per heavy atom. The Balaban J connectivity index is 1.83. The minimum atomic E-state index is -4.05. The van der Waals surface area contributed by atoms with Crippen LogP contribution in [0, 0.1) is 17.5 Å². The zero-order valence-electron chi connectivity index (χ0n) is 14.7. The van der Waals surface area contributed by atoms with E-state index in [1.54, 1.807) is 0 Å². The molecule has 3 aromatic carbocycles. The molecule has 0 unspecified atom stereocenters. The third kappa shape index (κ3) is 4.86. The quantitative estimate of drug-likeness (QED) is 0.481. The predicted molar refractivity (Wildman–Crippen MR) is 108 cm³/mol. The van der Waals surface area contributed by atoms with Crippen molar-refractivity contribution in [1.29, 1.82) is 0 Å². The lowest BCUT2D eigenvalue weighted by Gasteiger charge is -2.11. The summed E-state index contributed by atoms with van der Waals surface area (Å²) in [6, 6.07) is 9.79. The first-order valence-corrected chi connectivity index (χ1v) is 10.3. The first kappa shape index (κ1) is 21.9. The van der Waals surface area contributed by atoms with Gasteiger partial charge in [0.1, 0.15) is 5.82 Å². The molecule has 0 heterocycles. The molecule has 3 rings (SSSR count). The van der Waals surface area contributed by atoms with Gasteiger partial charge in [-0.15, -0.1) is 0 Å². The van der Waals surface area contributed by atoms with Gasteiger partial charge in [0.15, 0.2) is 11.6 Å². The van der Waals surface area contributed by atoms with Crippen LogP contribution in [0.25, 0.3) is 0 Å². The Bertz CT molecular complexity index is 1250. The summed E-state index contributed by atoms with van der Waals surface area (Å²) >= 11 is 11.6. The summed E-state index contributed by atoms with van der Waals surface area (Å²) in [6.07, 6.45) is 0. The molecule has 11 heteroatoms. The van der Waals surface area contributed by atoms with Crippen molar-refractivity contribution < 1.29 is 26.4 Å². The van der Waals surface area contributed by atoms with Crippen molar-refractivity contribution in [1.82, 2.24) is 0 Å². The van der Waals surface area contributed by atoms with E-state index in [1.807, 2.05) is 0 Å². The van der Waals surface area contributed by atoms with Crippen LogP contribution in [0.15, 0.2) is 59.5 Å². The van der Waals surface area contributed by atoms with Gasteiger partial charge in [-0.05, 0) is 36.4 Å². The number of amides is 1. The second-order valence-electron chi connectivity index (χ2n) is 5.96. The predicted octanol–water partition coefficient (Wildman–Crippen LogP) is 5.46. The van der Waals surface area contributed by atoms with Crippen molar-refractivity contribution in [3.63, 3.8) is 0 Å². The smallest absolute Gasteiger partial charge is 0.261 e. The number of carbonyl (C=O) groups is 1. The van der Waals surface area contributed by atoms with E-state index < -0.39 is 39.1 Å².